The van der Waals surface area contributed by atoms with Crippen LogP contribution in [0.5, 0.6) is 0 Å². The molecule has 9 heteroatoms. The van der Waals surface area contributed by atoms with E-state index in [2.05, 4.69) is 4.99 Å². The second-order valence-electron chi connectivity index (χ2n) is 3.89. The summed E-state index contributed by atoms with van der Waals surface area (Å²) in [6.45, 7) is 0.0500. The van der Waals surface area contributed by atoms with Crippen LogP contribution in [0.2, 0.25) is 0 Å². The second kappa shape index (κ2) is 5.96. The highest BCUT2D eigenvalue weighted by Gasteiger charge is 2.42. The van der Waals surface area contributed by atoms with E-state index in [1.165, 1.54) is 12.2 Å². The zero-order chi connectivity index (χ0) is 14.6. The summed E-state index contributed by atoms with van der Waals surface area (Å²) in [7, 11) is 0. The van der Waals surface area contributed by atoms with Gasteiger partial charge in [0.05, 0.1) is 19.0 Å². The molecule has 1 saturated heterocycles. The second-order valence-corrected chi connectivity index (χ2v) is 3.89. The Labute approximate surface area is 108 Å². The lowest BCUT2D eigenvalue weighted by Gasteiger charge is -2.19. The molecular weight excluding hydrogens is 254 g/mol. The minimum Gasteiger partial charge on any atom is -0.479 e. The van der Waals surface area contributed by atoms with Gasteiger partial charge >= 0.3 is 5.97 Å². The summed E-state index contributed by atoms with van der Waals surface area (Å²) in [4.78, 5) is 38.5. The molecule has 104 valence electrons. The quantitative estimate of drug-likeness (QED) is 0.183. The van der Waals surface area contributed by atoms with Crippen LogP contribution in [0.1, 0.15) is 6.42 Å². The van der Waals surface area contributed by atoms with Gasteiger partial charge in [-0.3, -0.25) is 14.5 Å². The molecule has 1 aliphatic rings. The zero-order valence-corrected chi connectivity index (χ0v) is 10.0. The molecular formula is C10H15N5O4. The third-order valence-electron chi connectivity index (χ3n) is 2.45. The van der Waals surface area contributed by atoms with Gasteiger partial charge in [0.15, 0.2) is 12.0 Å². The molecule has 0 aromatic rings. The van der Waals surface area contributed by atoms with Gasteiger partial charge in [0.1, 0.15) is 0 Å². The van der Waals surface area contributed by atoms with E-state index in [0.717, 1.165) is 0 Å². The standard InChI is InChI=1S/C10H15N5O4/c11-5-4-7(16)15(8(5)17)6(9(18)19)2-1-3-14-10(12)13/h1-2,5-6H,3-4,11H2,(H,18,19)(H4,12,13,14)/b2-1+/t5-,6-/m0/s1. The van der Waals surface area contributed by atoms with Crippen molar-refractivity contribution in [2.24, 2.45) is 22.2 Å². The number of rotatable bonds is 5. The predicted octanol–water partition coefficient (Wildman–Crippen LogP) is -2.64. The molecule has 0 aromatic heterocycles. The molecule has 1 rings (SSSR count). The van der Waals surface area contributed by atoms with Crippen LogP contribution in [0.15, 0.2) is 17.1 Å². The number of hydrogen-bond acceptors (Lipinski definition) is 5. The molecule has 1 aliphatic heterocycles. The lowest BCUT2D eigenvalue weighted by molar-refractivity contribution is -0.152. The fourth-order valence-corrected chi connectivity index (χ4v) is 1.59. The molecule has 2 amide bonds. The van der Waals surface area contributed by atoms with Crippen LogP contribution in [-0.2, 0) is 14.4 Å². The lowest BCUT2D eigenvalue weighted by Crippen LogP contribution is -2.45. The topological polar surface area (TPSA) is 165 Å². The Morgan fingerprint density at radius 3 is 2.58 bits per heavy atom. The van der Waals surface area contributed by atoms with Crippen molar-refractivity contribution in [3.63, 3.8) is 0 Å². The van der Waals surface area contributed by atoms with Gasteiger partial charge in [0.25, 0.3) is 0 Å². The summed E-state index contributed by atoms with van der Waals surface area (Å²) in [5.41, 5.74) is 15.6. The van der Waals surface area contributed by atoms with Crippen molar-refractivity contribution in [3.05, 3.63) is 12.2 Å². The Bertz CT molecular complexity index is 455. The number of aliphatic carboxylic acids is 1. The van der Waals surface area contributed by atoms with Gasteiger partial charge in [0.2, 0.25) is 11.8 Å². The lowest BCUT2D eigenvalue weighted by atomic mass is 10.2. The average molecular weight is 269 g/mol. The third kappa shape index (κ3) is 3.52. The molecule has 0 radical (unpaired) electrons. The summed E-state index contributed by atoms with van der Waals surface area (Å²) >= 11 is 0. The van der Waals surface area contributed by atoms with E-state index in [-0.39, 0.29) is 18.9 Å². The number of hydrogen-bond donors (Lipinski definition) is 4. The van der Waals surface area contributed by atoms with Crippen LogP contribution in [-0.4, -0.2) is 52.4 Å². The normalized spacial score (nSPS) is 20.9. The molecule has 0 saturated carbocycles. The molecule has 7 N–H and O–H groups in total. The number of carboxylic acids is 1. The van der Waals surface area contributed by atoms with Crippen molar-refractivity contribution >= 4 is 23.7 Å². The number of carbonyl (C=O) groups excluding carboxylic acids is 2. The predicted molar refractivity (Wildman–Crippen MR) is 65.7 cm³/mol. The van der Waals surface area contributed by atoms with E-state index < -0.39 is 29.9 Å². The van der Waals surface area contributed by atoms with Crippen LogP contribution in [0.3, 0.4) is 0 Å². The number of amides is 2. The monoisotopic (exact) mass is 269 g/mol. The first-order chi connectivity index (χ1) is 8.84. The summed E-state index contributed by atoms with van der Waals surface area (Å²) in [6, 6.07) is -2.39. The van der Waals surface area contributed by atoms with Crippen LogP contribution in [0.25, 0.3) is 0 Å². The average Bonchev–Trinajstić information content (AvgIpc) is 2.54. The molecule has 0 aliphatic carbocycles. The van der Waals surface area contributed by atoms with Gasteiger partial charge in [0, 0.05) is 0 Å². The van der Waals surface area contributed by atoms with E-state index in [1.54, 1.807) is 0 Å². The third-order valence-corrected chi connectivity index (χ3v) is 2.45. The van der Waals surface area contributed by atoms with E-state index in [0.29, 0.717) is 4.90 Å². The molecule has 0 spiro atoms. The van der Waals surface area contributed by atoms with Crippen LogP contribution in [0, 0.1) is 0 Å². The van der Waals surface area contributed by atoms with Crippen molar-refractivity contribution in [1.29, 1.82) is 0 Å². The molecule has 2 atom stereocenters. The minimum atomic E-state index is -1.40. The maximum Gasteiger partial charge on any atom is 0.330 e. The fraction of sp³-hybridized carbons (Fsp3) is 0.400. The highest BCUT2D eigenvalue weighted by atomic mass is 16.4. The van der Waals surface area contributed by atoms with E-state index in [1.807, 2.05) is 0 Å². The Kier molecular flexibility index (Phi) is 4.59. The number of carbonyl (C=O) groups is 3. The first kappa shape index (κ1) is 14.6. The Morgan fingerprint density at radius 1 is 1.53 bits per heavy atom. The smallest absolute Gasteiger partial charge is 0.330 e. The number of likely N-dealkylation sites (tertiary alicyclic amines) is 1. The van der Waals surface area contributed by atoms with Crippen molar-refractivity contribution in [2.45, 2.75) is 18.5 Å². The Hall–Kier alpha value is -2.42. The zero-order valence-electron chi connectivity index (χ0n) is 10.0. The highest BCUT2D eigenvalue weighted by Crippen LogP contribution is 2.16. The first-order valence-corrected chi connectivity index (χ1v) is 5.41. The van der Waals surface area contributed by atoms with Crippen LogP contribution >= 0.6 is 0 Å². The molecule has 0 aromatic carbocycles. The van der Waals surface area contributed by atoms with Crippen LogP contribution in [0.4, 0.5) is 0 Å². The molecule has 0 unspecified atom stereocenters. The van der Waals surface area contributed by atoms with E-state index in [9.17, 15) is 14.4 Å². The van der Waals surface area contributed by atoms with E-state index in [4.69, 9.17) is 22.3 Å². The van der Waals surface area contributed by atoms with Gasteiger partial charge in [-0.2, -0.15) is 0 Å². The van der Waals surface area contributed by atoms with Gasteiger partial charge in [-0.1, -0.05) is 12.2 Å². The number of nitrogens with two attached hydrogens (primary N) is 3. The van der Waals surface area contributed by atoms with Gasteiger partial charge in [-0.15, -0.1) is 0 Å². The summed E-state index contributed by atoms with van der Waals surface area (Å²) in [6.07, 6.45) is 2.33. The number of imide groups is 1. The van der Waals surface area contributed by atoms with Crippen molar-refractivity contribution in [2.75, 3.05) is 6.54 Å². The van der Waals surface area contributed by atoms with Crippen molar-refractivity contribution in [3.8, 4) is 0 Å². The van der Waals surface area contributed by atoms with Crippen molar-refractivity contribution in [1.82, 2.24) is 4.90 Å². The largest absolute Gasteiger partial charge is 0.479 e. The Balaban J connectivity index is 2.84. The van der Waals surface area contributed by atoms with Gasteiger partial charge < -0.3 is 22.3 Å². The molecule has 19 heavy (non-hydrogen) atoms. The summed E-state index contributed by atoms with van der Waals surface area (Å²) < 4.78 is 0. The summed E-state index contributed by atoms with van der Waals surface area (Å²) in [5, 5.41) is 9.04. The van der Waals surface area contributed by atoms with Gasteiger partial charge in [-0.05, 0) is 0 Å². The Morgan fingerprint density at radius 2 is 2.16 bits per heavy atom. The van der Waals surface area contributed by atoms with Gasteiger partial charge in [-0.25, -0.2) is 9.79 Å². The highest BCUT2D eigenvalue weighted by molar-refractivity contribution is 6.08. The minimum absolute atomic E-state index is 0.0500. The number of nitrogens with zero attached hydrogens (tertiary/aromatic N) is 2. The SMILES string of the molecule is NC(N)=NC/C=C/[C@@H](C(=O)O)N1C(=O)C[C@H](N)C1=O. The fourth-order valence-electron chi connectivity index (χ4n) is 1.59. The maximum atomic E-state index is 11.6. The number of aliphatic imine (C=N–C) groups is 1. The number of carboxylic acid groups (broad SMARTS) is 1. The summed E-state index contributed by atoms with van der Waals surface area (Å²) in [5.74, 6) is -2.80. The number of guanidine groups is 1. The molecule has 1 fully saturated rings. The first-order valence-electron chi connectivity index (χ1n) is 5.41. The molecule has 9 nitrogen and oxygen atoms in total. The van der Waals surface area contributed by atoms with E-state index >= 15 is 0 Å². The van der Waals surface area contributed by atoms with Crippen molar-refractivity contribution < 1.29 is 19.5 Å². The maximum absolute atomic E-state index is 11.6. The molecule has 0 bridgehead atoms. The molecule has 1 heterocycles. The van der Waals surface area contributed by atoms with Crippen LogP contribution < -0.4 is 17.2 Å².